The van der Waals surface area contributed by atoms with Crippen LogP contribution in [0.15, 0.2) is 29.6 Å². The lowest BCUT2D eigenvalue weighted by Crippen LogP contribution is -2.42. The number of hydrogen-bond donors (Lipinski definition) is 1. The Morgan fingerprint density at radius 3 is 2.39 bits per heavy atom. The van der Waals surface area contributed by atoms with Gasteiger partial charge in [0.05, 0.1) is 11.4 Å². The molecule has 31 heavy (non-hydrogen) atoms. The first kappa shape index (κ1) is 21.9. The van der Waals surface area contributed by atoms with Gasteiger partial charge in [-0.05, 0) is 43.4 Å². The zero-order chi connectivity index (χ0) is 21.6. The maximum Gasteiger partial charge on any atom is 0.285 e. The molecule has 0 spiro atoms. The first-order valence-corrected chi connectivity index (χ1v) is 12.0. The molecule has 2 fully saturated rings. The number of piperidine rings is 1. The van der Waals surface area contributed by atoms with Crippen LogP contribution in [0.1, 0.15) is 65.5 Å². The van der Waals surface area contributed by atoms with Gasteiger partial charge >= 0.3 is 0 Å². The molecule has 0 aliphatic carbocycles. The molecule has 8 heteroatoms. The van der Waals surface area contributed by atoms with Crippen LogP contribution in [0.3, 0.4) is 0 Å². The number of rotatable bonds is 5. The van der Waals surface area contributed by atoms with Crippen LogP contribution in [0.25, 0.3) is 0 Å². The molecule has 2 aliphatic heterocycles. The van der Waals surface area contributed by atoms with Crippen LogP contribution in [-0.4, -0.2) is 52.9 Å². The first-order chi connectivity index (χ1) is 15.1. The van der Waals surface area contributed by atoms with E-state index >= 15 is 0 Å². The number of carbonyl (C=O) groups excluding carboxylic acids is 2. The maximum absolute atomic E-state index is 13.0. The van der Waals surface area contributed by atoms with Crippen molar-refractivity contribution in [3.63, 3.8) is 0 Å². The summed E-state index contributed by atoms with van der Waals surface area (Å²) >= 11 is 1.53. The molecule has 2 aliphatic rings. The number of nitrogens with one attached hydrogen (secondary N) is 1. The predicted octanol–water partition coefficient (Wildman–Crippen LogP) is 3.75. The second-order valence-corrected chi connectivity index (χ2v) is 9.26. The molecule has 1 aromatic carbocycles. The van der Waals surface area contributed by atoms with E-state index in [9.17, 15) is 14.0 Å². The van der Waals surface area contributed by atoms with Gasteiger partial charge in [0.15, 0.2) is 0 Å². The average Bonchev–Trinajstić information content (AvgIpc) is 3.14. The summed E-state index contributed by atoms with van der Waals surface area (Å²) in [4.78, 5) is 31.6. The SMILES string of the molecule is O=C(NN1CCCCCC1)c1csc(C2CCN(C(=O)Cc3ccc(F)cc3)CC2)n1. The fraction of sp³-hybridized carbons (Fsp3) is 0.522. The van der Waals surface area contributed by atoms with Gasteiger partial charge in [0.25, 0.3) is 5.91 Å². The van der Waals surface area contributed by atoms with Gasteiger partial charge in [0, 0.05) is 37.5 Å². The Balaban J connectivity index is 1.27. The van der Waals surface area contributed by atoms with Crippen LogP contribution < -0.4 is 5.43 Å². The van der Waals surface area contributed by atoms with Crippen molar-refractivity contribution in [3.8, 4) is 0 Å². The molecule has 4 rings (SSSR count). The number of hydrogen-bond acceptors (Lipinski definition) is 5. The Labute approximate surface area is 186 Å². The van der Waals surface area contributed by atoms with E-state index in [0.717, 1.165) is 49.3 Å². The van der Waals surface area contributed by atoms with E-state index in [-0.39, 0.29) is 23.5 Å². The maximum atomic E-state index is 13.0. The number of benzene rings is 1. The molecule has 2 aromatic rings. The minimum absolute atomic E-state index is 0.0710. The third-order valence-electron chi connectivity index (χ3n) is 6.09. The van der Waals surface area contributed by atoms with E-state index in [0.29, 0.717) is 25.2 Å². The highest BCUT2D eigenvalue weighted by Gasteiger charge is 2.26. The van der Waals surface area contributed by atoms with Gasteiger partial charge < -0.3 is 4.90 Å². The first-order valence-electron chi connectivity index (χ1n) is 11.1. The molecule has 6 nitrogen and oxygen atoms in total. The summed E-state index contributed by atoms with van der Waals surface area (Å²) in [6.07, 6.45) is 6.65. The number of hydrazine groups is 1. The summed E-state index contributed by atoms with van der Waals surface area (Å²) in [5.41, 5.74) is 4.31. The normalized spacial score (nSPS) is 18.5. The number of halogens is 1. The van der Waals surface area contributed by atoms with Gasteiger partial charge in [-0.15, -0.1) is 11.3 Å². The summed E-state index contributed by atoms with van der Waals surface area (Å²) < 4.78 is 13.0. The largest absolute Gasteiger partial charge is 0.342 e. The molecule has 166 valence electrons. The number of nitrogens with zero attached hydrogens (tertiary/aromatic N) is 3. The molecule has 2 saturated heterocycles. The van der Waals surface area contributed by atoms with Crippen molar-refractivity contribution in [2.75, 3.05) is 26.2 Å². The summed E-state index contributed by atoms with van der Waals surface area (Å²) in [6, 6.07) is 6.09. The summed E-state index contributed by atoms with van der Waals surface area (Å²) in [5.74, 6) is -0.0717. The van der Waals surface area contributed by atoms with E-state index in [1.165, 1.54) is 36.3 Å². The highest BCUT2D eigenvalue weighted by molar-refractivity contribution is 7.09. The van der Waals surface area contributed by atoms with Crippen LogP contribution in [0.4, 0.5) is 4.39 Å². The number of aromatic nitrogens is 1. The highest BCUT2D eigenvalue weighted by Crippen LogP contribution is 2.30. The van der Waals surface area contributed by atoms with Gasteiger partial charge in [-0.25, -0.2) is 14.4 Å². The van der Waals surface area contributed by atoms with Gasteiger partial charge in [-0.1, -0.05) is 25.0 Å². The molecule has 2 amide bonds. The molecular weight excluding hydrogens is 415 g/mol. The van der Waals surface area contributed by atoms with E-state index < -0.39 is 0 Å². The number of carbonyl (C=O) groups is 2. The van der Waals surface area contributed by atoms with Crippen LogP contribution in [0, 0.1) is 5.82 Å². The molecule has 0 bridgehead atoms. The van der Waals surface area contributed by atoms with E-state index in [1.807, 2.05) is 15.3 Å². The molecule has 0 saturated carbocycles. The van der Waals surface area contributed by atoms with Crippen LogP contribution in [0.2, 0.25) is 0 Å². The van der Waals surface area contributed by atoms with Crippen molar-refractivity contribution in [1.82, 2.24) is 20.3 Å². The third-order valence-corrected chi connectivity index (χ3v) is 7.09. The van der Waals surface area contributed by atoms with Gasteiger partial charge in [-0.3, -0.25) is 15.0 Å². The van der Waals surface area contributed by atoms with E-state index in [4.69, 9.17) is 0 Å². The van der Waals surface area contributed by atoms with Crippen LogP contribution >= 0.6 is 11.3 Å². The Bertz CT molecular complexity index is 885. The molecule has 0 unspecified atom stereocenters. The Morgan fingerprint density at radius 2 is 1.71 bits per heavy atom. The molecule has 3 heterocycles. The van der Waals surface area contributed by atoms with Crippen molar-refractivity contribution in [1.29, 1.82) is 0 Å². The minimum Gasteiger partial charge on any atom is -0.342 e. The van der Waals surface area contributed by atoms with Crippen molar-refractivity contribution in [2.24, 2.45) is 0 Å². The van der Waals surface area contributed by atoms with Crippen LogP contribution in [0.5, 0.6) is 0 Å². The lowest BCUT2D eigenvalue weighted by atomic mass is 9.97. The second-order valence-electron chi connectivity index (χ2n) is 8.37. The van der Waals surface area contributed by atoms with Crippen molar-refractivity contribution < 1.29 is 14.0 Å². The average molecular weight is 445 g/mol. The summed E-state index contributed by atoms with van der Waals surface area (Å²) in [6.45, 7) is 3.15. The lowest BCUT2D eigenvalue weighted by Gasteiger charge is -2.31. The summed E-state index contributed by atoms with van der Waals surface area (Å²) in [7, 11) is 0. The third kappa shape index (κ3) is 5.89. The smallest absolute Gasteiger partial charge is 0.285 e. The number of likely N-dealkylation sites (tertiary alicyclic amines) is 1. The van der Waals surface area contributed by atoms with E-state index in [1.54, 1.807) is 12.1 Å². The van der Waals surface area contributed by atoms with Crippen molar-refractivity contribution >= 4 is 23.2 Å². The minimum atomic E-state index is -0.292. The molecule has 0 radical (unpaired) electrons. The second kappa shape index (κ2) is 10.3. The monoisotopic (exact) mass is 444 g/mol. The van der Waals surface area contributed by atoms with Crippen molar-refractivity contribution in [2.45, 2.75) is 50.9 Å². The van der Waals surface area contributed by atoms with Gasteiger partial charge in [-0.2, -0.15) is 0 Å². The molecule has 1 N–H and O–H groups in total. The number of thiazole rings is 1. The Kier molecular flexibility index (Phi) is 7.29. The lowest BCUT2D eigenvalue weighted by molar-refractivity contribution is -0.131. The van der Waals surface area contributed by atoms with Gasteiger partial charge in [0.1, 0.15) is 11.5 Å². The van der Waals surface area contributed by atoms with Gasteiger partial charge in [0.2, 0.25) is 5.91 Å². The topological polar surface area (TPSA) is 65.5 Å². The predicted molar refractivity (Wildman–Crippen MR) is 118 cm³/mol. The molecule has 1 aromatic heterocycles. The molecule has 0 atom stereocenters. The molecular formula is C23H29FN4O2S. The fourth-order valence-corrected chi connectivity index (χ4v) is 5.20. The Hall–Kier alpha value is -2.32. The highest BCUT2D eigenvalue weighted by atomic mass is 32.1. The standard InChI is InChI=1S/C23H29FN4O2S/c24-19-7-5-17(6-8-19)15-21(29)27-13-9-18(10-14-27)23-25-20(16-31-23)22(30)26-28-11-3-1-2-4-12-28/h5-8,16,18H,1-4,9-15H2,(H,26,30). The van der Waals surface area contributed by atoms with E-state index in [2.05, 4.69) is 10.4 Å². The van der Waals surface area contributed by atoms with Crippen LogP contribution in [-0.2, 0) is 11.2 Å². The quantitative estimate of drug-likeness (QED) is 0.763. The number of amides is 2. The van der Waals surface area contributed by atoms with Crippen molar-refractivity contribution in [3.05, 3.63) is 51.7 Å². The fourth-order valence-electron chi connectivity index (χ4n) is 4.23. The zero-order valence-electron chi connectivity index (χ0n) is 17.7. The Morgan fingerprint density at radius 1 is 1.03 bits per heavy atom. The zero-order valence-corrected chi connectivity index (χ0v) is 18.5. The summed E-state index contributed by atoms with van der Waals surface area (Å²) in [5, 5.41) is 4.83.